The zero-order valence-corrected chi connectivity index (χ0v) is 11.5. The van der Waals surface area contributed by atoms with Gasteiger partial charge in [-0.05, 0) is 6.92 Å². The Hall–Kier alpha value is -1.14. The Bertz CT molecular complexity index is 294. The fourth-order valence-corrected chi connectivity index (χ4v) is 2.09. The molecule has 0 radical (unpaired) electrons. The lowest BCUT2D eigenvalue weighted by atomic mass is 10.1. The van der Waals surface area contributed by atoms with Gasteiger partial charge in [-0.1, -0.05) is 0 Å². The molecule has 0 aromatic rings. The molecule has 18 heavy (non-hydrogen) atoms. The molecule has 1 unspecified atom stereocenters. The standard InChI is InChI=1S/C12H24N4O2/c1-4-14-11(17)5-7-16-8-6-13-9-10(16)12(18)15(2)3/h10,13H,4-9H2,1-3H3,(H,14,17). The van der Waals surface area contributed by atoms with E-state index in [-0.39, 0.29) is 17.9 Å². The monoisotopic (exact) mass is 256 g/mol. The second-order valence-corrected chi connectivity index (χ2v) is 4.69. The van der Waals surface area contributed by atoms with Gasteiger partial charge in [0, 0.05) is 53.2 Å². The minimum absolute atomic E-state index is 0.0482. The first kappa shape index (κ1) is 14.9. The summed E-state index contributed by atoms with van der Waals surface area (Å²) in [5.41, 5.74) is 0. The van der Waals surface area contributed by atoms with Gasteiger partial charge >= 0.3 is 0 Å². The fourth-order valence-electron chi connectivity index (χ4n) is 2.09. The van der Waals surface area contributed by atoms with Gasteiger partial charge in [0.15, 0.2) is 0 Å². The first-order valence-electron chi connectivity index (χ1n) is 6.49. The second kappa shape index (κ2) is 7.33. The van der Waals surface area contributed by atoms with Gasteiger partial charge in [0.25, 0.3) is 0 Å². The van der Waals surface area contributed by atoms with Crippen molar-refractivity contribution in [1.29, 1.82) is 0 Å². The van der Waals surface area contributed by atoms with E-state index < -0.39 is 0 Å². The van der Waals surface area contributed by atoms with Crippen LogP contribution in [0.3, 0.4) is 0 Å². The number of carbonyl (C=O) groups is 2. The van der Waals surface area contributed by atoms with Crippen molar-refractivity contribution < 1.29 is 9.59 Å². The third-order valence-corrected chi connectivity index (χ3v) is 3.08. The van der Waals surface area contributed by atoms with Crippen LogP contribution in [0.4, 0.5) is 0 Å². The minimum atomic E-state index is -0.150. The average Bonchev–Trinajstić information content (AvgIpc) is 2.36. The van der Waals surface area contributed by atoms with E-state index >= 15 is 0 Å². The van der Waals surface area contributed by atoms with E-state index in [1.807, 2.05) is 6.92 Å². The topological polar surface area (TPSA) is 64.7 Å². The van der Waals surface area contributed by atoms with Crippen molar-refractivity contribution in [3.63, 3.8) is 0 Å². The maximum Gasteiger partial charge on any atom is 0.240 e. The Kier molecular flexibility index (Phi) is 6.07. The van der Waals surface area contributed by atoms with Gasteiger partial charge in [0.1, 0.15) is 6.04 Å². The van der Waals surface area contributed by atoms with Crippen LogP contribution in [0.2, 0.25) is 0 Å². The minimum Gasteiger partial charge on any atom is -0.356 e. The Morgan fingerprint density at radius 3 is 2.78 bits per heavy atom. The molecule has 104 valence electrons. The quantitative estimate of drug-likeness (QED) is 0.654. The maximum atomic E-state index is 12.0. The number of hydrogen-bond donors (Lipinski definition) is 2. The predicted octanol–water partition coefficient (Wildman–Crippen LogP) is -1.13. The summed E-state index contributed by atoms with van der Waals surface area (Å²) in [5.74, 6) is 0.144. The molecule has 6 nitrogen and oxygen atoms in total. The van der Waals surface area contributed by atoms with E-state index in [0.717, 1.165) is 13.1 Å². The molecule has 1 atom stereocenters. The van der Waals surface area contributed by atoms with Crippen LogP contribution in [0, 0.1) is 0 Å². The van der Waals surface area contributed by atoms with Crippen LogP contribution in [0.1, 0.15) is 13.3 Å². The van der Waals surface area contributed by atoms with Crippen molar-refractivity contribution in [2.24, 2.45) is 0 Å². The number of nitrogens with zero attached hydrogens (tertiary/aromatic N) is 2. The van der Waals surface area contributed by atoms with Crippen LogP contribution < -0.4 is 10.6 Å². The highest BCUT2D eigenvalue weighted by Gasteiger charge is 2.29. The Labute approximate surface area is 109 Å². The third-order valence-electron chi connectivity index (χ3n) is 3.08. The van der Waals surface area contributed by atoms with Crippen LogP contribution >= 0.6 is 0 Å². The van der Waals surface area contributed by atoms with E-state index in [1.54, 1.807) is 19.0 Å². The van der Waals surface area contributed by atoms with Gasteiger partial charge in [-0.3, -0.25) is 14.5 Å². The smallest absolute Gasteiger partial charge is 0.240 e. The van der Waals surface area contributed by atoms with E-state index in [0.29, 0.717) is 26.1 Å². The highest BCUT2D eigenvalue weighted by molar-refractivity contribution is 5.82. The number of piperazine rings is 1. The highest BCUT2D eigenvalue weighted by atomic mass is 16.2. The maximum absolute atomic E-state index is 12.0. The normalized spacial score (nSPS) is 20.5. The number of likely N-dealkylation sites (N-methyl/N-ethyl adjacent to an activating group) is 1. The molecule has 1 aliphatic heterocycles. The first-order chi connectivity index (χ1) is 8.56. The predicted molar refractivity (Wildman–Crippen MR) is 70.2 cm³/mol. The van der Waals surface area contributed by atoms with Crippen molar-refractivity contribution >= 4 is 11.8 Å². The molecule has 0 bridgehead atoms. The van der Waals surface area contributed by atoms with E-state index in [1.165, 1.54) is 0 Å². The molecular formula is C12H24N4O2. The molecule has 0 aromatic heterocycles. The van der Waals surface area contributed by atoms with Crippen LogP contribution in [-0.4, -0.2) is 74.5 Å². The van der Waals surface area contributed by atoms with Crippen LogP contribution in [-0.2, 0) is 9.59 Å². The Balaban J connectivity index is 2.49. The molecule has 1 fully saturated rings. The molecule has 0 aliphatic carbocycles. The summed E-state index contributed by atoms with van der Waals surface area (Å²) in [7, 11) is 3.53. The first-order valence-corrected chi connectivity index (χ1v) is 6.49. The summed E-state index contributed by atoms with van der Waals surface area (Å²) in [4.78, 5) is 27.2. The Morgan fingerprint density at radius 2 is 2.17 bits per heavy atom. The summed E-state index contributed by atoms with van der Waals surface area (Å²) in [6.07, 6.45) is 0.449. The van der Waals surface area contributed by atoms with Crippen molar-refractivity contribution in [3.8, 4) is 0 Å². The molecule has 0 spiro atoms. The van der Waals surface area contributed by atoms with Crippen molar-refractivity contribution in [3.05, 3.63) is 0 Å². The summed E-state index contributed by atoms with van der Waals surface area (Å²) in [5, 5.41) is 6.00. The highest BCUT2D eigenvalue weighted by Crippen LogP contribution is 2.06. The summed E-state index contributed by atoms with van der Waals surface area (Å²) in [6, 6.07) is -0.150. The molecule has 1 heterocycles. The number of rotatable bonds is 5. The van der Waals surface area contributed by atoms with E-state index in [4.69, 9.17) is 0 Å². The van der Waals surface area contributed by atoms with E-state index in [2.05, 4.69) is 15.5 Å². The van der Waals surface area contributed by atoms with Crippen molar-refractivity contribution in [1.82, 2.24) is 20.4 Å². The zero-order valence-electron chi connectivity index (χ0n) is 11.5. The van der Waals surface area contributed by atoms with Gasteiger partial charge in [0.2, 0.25) is 11.8 Å². The lowest BCUT2D eigenvalue weighted by molar-refractivity contribution is -0.135. The van der Waals surface area contributed by atoms with E-state index in [9.17, 15) is 9.59 Å². The molecule has 1 saturated heterocycles. The molecule has 0 saturated carbocycles. The molecule has 6 heteroatoms. The lowest BCUT2D eigenvalue weighted by Gasteiger charge is -2.36. The molecule has 1 aliphatic rings. The summed E-state index contributed by atoms with van der Waals surface area (Å²) < 4.78 is 0. The van der Waals surface area contributed by atoms with Gasteiger partial charge in [-0.25, -0.2) is 0 Å². The fraction of sp³-hybridized carbons (Fsp3) is 0.833. The number of nitrogens with one attached hydrogen (secondary N) is 2. The molecule has 2 N–H and O–H groups in total. The van der Waals surface area contributed by atoms with Crippen molar-refractivity contribution in [2.75, 3.05) is 46.8 Å². The van der Waals surface area contributed by atoms with Crippen LogP contribution in [0.5, 0.6) is 0 Å². The van der Waals surface area contributed by atoms with Gasteiger partial charge in [-0.2, -0.15) is 0 Å². The van der Waals surface area contributed by atoms with Crippen molar-refractivity contribution in [2.45, 2.75) is 19.4 Å². The zero-order chi connectivity index (χ0) is 13.5. The lowest BCUT2D eigenvalue weighted by Crippen LogP contribution is -2.58. The largest absolute Gasteiger partial charge is 0.356 e. The van der Waals surface area contributed by atoms with Gasteiger partial charge in [0.05, 0.1) is 0 Å². The second-order valence-electron chi connectivity index (χ2n) is 4.69. The summed E-state index contributed by atoms with van der Waals surface area (Å²) >= 11 is 0. The number of hydrogen-bond acceptors (Lipinski definition) is 4. The number of amides is 2. The molecular weight excluding hydrogens is 232 g/mol. The summed E-state index contributed by atoms with van der Waals surface area (Å²) in [6.45, 7) is 5.53. The average molecular weight is 256 g/mol. The third kappa shape index (κ3) is 4.27. The molecule has 0 aromatic carbocycles. The molecule has 2 amide bonds. The van der Waals surface area contributed by atoms with Crippen LogP contribution in [0.25, 0.3) is 0 Å². The number of carbonyl (C=O) groups excluding carboxylic acids is 2. The SMILES string of the molecule is CCNC(=O)CCN1CCNCC1C(=O)N(C)C. The van der Waals surface area contributed by atoms with Gasteiger partial charge < -0.3 is 15.5 Å². The van der Waals surface area contributed by atoms with Gasteiger partial charge in [-0.15, -0.1) is 0 Å². The molecule has 1 rings (SSSR count). The Morgan fingerprint density at radius 1 is 1.44 bits per heavy atom. The van der Waals surface area contributed by atoms with Crippen LogP contribution in [0.15, 0.2) is 0 Å².